The Morgan fingerprint density at radius 3 is 2.64 bits per heavy atom. The van der Waals surface area contributed by atoms with Crippen molar-refractivity contribution in [2.24, 2.45) is 0 Å². The van der Waals surface area contributed by atoms with E-state index >= 15 is 0 Å². The van der Waals surface area contributed by atoms with Gasteiger partial charge in [0.05, 0.1) is 16.5 Å². The van der Waals surface area contributed by atoms with Gasteiger partial charge in [0, 0.05) is 16.8 Å². The summed E-state index contributed by atoms with van der Waals surface area (Å²) in [6.07, 6.45) is 1.46. The molecule has 0 aliphatic carbocycles. The second-order valence-corrected chi connectivity index (χ2v) is 6.76. The molecule has 2 rings (SSSR count). The Balaban J connectivity index is 1.68. The van der Waals surface area contributed by atoms with Gasteiger partial charge in [0.15, 0.2) is 12.4 Å². The fourth-order valence-electron chi connectivity index (χ4n) is 1.68. The number of amides is 1. The third-order valence-corrected chi connectivity index (χ3v) is 4.33. The van der Waals surface area contributed by atoms with E-state index in [-0.39, 0.29) is 23.1 Å². The van der Waals surface area contributed by atoms with Gasteiger partial charge in [0.2, 0.25) is 0 Å². The van der Waals surface area contributed by atoms with Crippen molar-refractivity contribution in [1.82, 2.24) is 4.98 Å². The van der Waals surface area contributed by atoms with Gasteiger partial charge in [-0.3, -0.25) is 9.59 Å². The van der Waals surface area contributed by atoms with Crippen LogP contribution in [-0.2, 0) is 14.3 Å². The average Bonchev–Trinajstić information content (AvgIpc) is 2.57. The molecule has 5 nitrogen and oxygen atoms in total. The number of ether oxygens (including phenoxy) is 1. The third-order valence-electron chi connectivity index (χ3n) is 2.82. The number of hydrogen-bond donors (Lipinski definition) is 1. The van der Waals surface area contributed by atoms with Gasteiger partial charge in [-0.1, -0.05) is 23.2 Å². The lowest BCUT2D eigenvalue weighted by Crippen LogP contribution is -2.21. The topological polar surface area (TPSA) is 68.3 Å². The van der Waals surface area contributed by atoms with Crippen LogP contribution in [0.15, 0.2) is 41.4 Å². The van der Waals surface area contributed by atoms with Gasteiger partial charge >= 0.3 is 5.97 Å². The zero-order chi connectivity index (χ0) is 18.2. The molecule has 1 amide bonds. The maximum absolute atomic E-state index is 12.8. The molecule has 1 heterocycles. The molecule has 25 heavy (non-hydrogen) atoms. The number of halogens is 3. The van der Waals surface area contributed by atoms with Crippen LogP contribution in [0.4, 0.5) is 10.2 Å². The summed E-state index contributed by atoms with van der Waals surface area (Å²) in [5.41, 5.74) is 0. The third kappa shape index (κ3) is 6.89. The van der Waals surface area contributed by atoms with Crippen LogP contribution in [0.3, 0.4) is 0 Å². The molecule has 2 aromatic rings. The summed E-state index contributed by atoms with van der Waals surface area (Å²) < 4.78 is 17.6. The Morgan fingerprint density at radius 2 is 1.96 bits per heavy atom. The molecule has 1 aromatic heterocycles. The molecule has 0 atom stereocenters. The summed E-state index contributed by atoms with van der Waals surface area (Å²) in [6, 6.07) is 7.38. The van der Waals surface area contributed by atoms with E-state index in [0.29, 0.717) is 10.8 Å². The molecule has 0 radical (unpaired) electrons. The van der Waals surface area contributed by atoms with Gasteiger partial charge in [0.1, 0.15) is 5.82 Å². The largest absolute Gasteiger partial charge is 0.456 e. The molecule has 9 heteroatoms. The highest BCUT2D eigenvalue weighted by atomic mass is 35.5. The Morgan fingerprint density at radius 1 is 1.24 bits per heavy atom. The van der Waals surface area contributed by atoms with E-state index < -0.39 is 18.5 Å². The van der Waals surface area contributed by atoms with Crippen molar-refractivity contribution in [3.8, 4) is 0 Å². The first-order valence-electron chi connectivity index (χ1n) is 7.09. The van der Waals surface area contributed by atoms with Crippen LogP contribution in [0, 0.1) is 5.82 Å². The highest BCUT2D eigenvalue weighted by Crippen LogP contribution is 2.22. The zero-order valence-corrected chi connectivity index (χ0v) is 15.1. The van der Waals surface area contributed by atoms with Crippen LogP contribution in [-0.4, -0.2) is 29.2 Å². The van der Waals surface area contributed by atoms with Crippen molar-refractivity contribution in [3.05, 3.63) is 52.4 Å². The second kappa shape index (κ2) is 9.60. The molecule has 0 saturated carbocycles. The molecular formula is C16H13Cl2FN2O3S. The van der Waals surface area contributed by atoms with Crippen LogP contribution in [0.25, 0.3) is 0 Å². The van der Waals surface area contributed by atoms with Crippen LogP contribution in [0.2, 0.25) is 10.0 Å². The number of nitrogens with one attached hydrogen (secondary N) is 1. The predicted molar refractivity (Wildman–Crippen MR) is 95.6 cm³/mol. The first-order valence-corrected chi connectivity index (χ1v) is 8.83. The molecular weight excluding hydrogens is 390 g/mol. The Bertz CT molecular complexity index is 760. The van der Waals surface area contributed by atoms with Gasteiger partial charge in [-0.2, -0.15) is 0 Å². The standard InChI is InChI=1S/C16H13Cl2FN2O3S/c17-10-7-13(18)16(20-8-10)21-14(22)9-24-15(23)5-6-25-12-3-1-11(19)2-4-12/h1-4,7-8H,5-6,9H2,(H,20,21,22). The van der Waals surface area contributed by atoms with Crippen molar-refractivity contribution in [2.75, 3.05) is 17.7 Å². The van der Waals surface area contributed by atoms with Crippen LogP contribution in [0.1, 0.15) is 6.42 Å². The number of carbonyl (C=O) groups is 2. The summed E-state index contributed by atoms with van der Waals surface area (Å²) in [5.74, 6) is -0.795. The summed E-state index contributed by atoms with van der Waals surface area (Å²) in [5, 5.41) is 2.95. The van der Waals surface area contributed by atoms with E-state index in [1.165, 1.54) is 36.2 Å². The number of thioether (sulfide) groups is 1. The Labute approximate surface area is 157 Å². The maximum atomic E-state index is 12.8. The van der Waals surface area contributed by atoms with Crippen molar-refractivity contribution in [2.45, 2.75) is 11.3 Å². The Kier molecular flexibility index (Phi) is 7.49. The van der Waals surface area contributed by atoms with Crippen molar-refractivity contribution >= 4 is 52.7 Å². The number of esters is 1. The number of hydrogen-bond acceptors (Lipinski definition) is 5. The lowest BCUT2D eigenvalue weighted by molar-refractivity contribution is -0.146. The number of aromatic nitrogens is 1. The second-order valence-electron chi connectivity index (χ2n) is 4.75. The van der Waals surface area contributed by atoms with Gasteiger partial charge < -0.3 is 10.1 Å². The highest BCUT2D eigenvalue weighted by molar-refractivity contribution is 7.99. The molecule has 132 valence electrons. The van der Waals surface area contributed by atoms with E-state index in [9.17, 15) is 14.0 Å². The molecule has 0 unspecified atom stereocenters. The summed E-state index contributed by atoms with van der Waals surface area (Å²) in [6.45, 7) is -0.444. The minimum Gasteiger partial charge on any atom is -0.456 e. The number of benzene rings is 1. The van der Waals surface area contributed by atoms with E-state index in [1.807, 2.05) is 0 Å². The minimum absolute atomic E-state index is 0.120. The van der Waals surface area contributed by atoms with E-state index in [0.717, 1.165) is 4.90 Å². The maximum Gasteiger partial charge on any atom is 0.307 e. The first kappa shape index (κ1) is 19.5. The van der Waals surface area contributed by atoms with Crippen LogP contribution in [0.5, 0.6) is 0 Å². The lowest BCUT2D eigenvalue weighted by Gasteiger charge is -2.07. The monoisotopic (exact) mass is 402 g/mol. The molecule has 0 aliphatic heterocycles. The van der Waals surface area contributed by atoms with E-state index in [1.54, 1.807) is 12.1 Å². The van der Waals surface area contributed by atoms with Crippen LogP contribution < -0.4 is 5.32 Å². The molecule has 0 aliphatic rings. The normalized spacial score (nSPS) is 10.4. The quantitative estimate of drug-likeness (QED) is 0.555. The van der Waals surface area contributed by atoms with Gasteiger partial charge in [-0.05, 0) is 30.3 Å². The molecule has 0 spiro atoms. The number of rotatable bonds is 7. The SMILES string of the molecule is O=C(COC(=O)CCSc1ccc(F)cc1)Nc1ncc(Cl)cc1Cl. The summed E-state index contributed by atoms with van der Waals surface area (Å²) in [7, 11) is 0. The van der Waals surface area contributed by atoms with Gasteiger partial charge in [0.25, 0.3) is 5.91 Å². The smallest absolute Gasteiger partial charge is 0.307 e. The van der Waals surface area contributed by atoms with Gasteiger partial charge in [-0.25, -0.2) is 9.37 Å². The number of carbonyl (C=O) groups excluding carboxylic acids is 2. The molecule has 0 fully saturated rings. The van der Waals surface area contributed by atoms with Crippen molar-refractivity contribution < 1.29 is 18.7 Å². The number of nitrogens with zero attached hydrogens (tertiary/aromatic N) is 1. The average molecular weight is 403 g/mol. The Hall–Kier alpha value is -1.83. The van der Waals surface area contributed by atoms with Crippen molar-refractivity contribution in [1.29, 1.82) is 0 Å². The van der Waals surface area contributed by atoms with Crippen molar-refractivity contribution in [3.63, 3.8) is 0 Å². The van der Waals surface area contributed by atoms with E-state index in [4.69, 9.17) is 27.9 Å². The minimum atomic E-state index is -0.559. The predicted octanol–water partition coefficient (Wildman–Crippen LogP) is 4.19. The molecule has 0 saturated heterocycles. The fourth-order valence-corrected chi connectivity index (χ4v) is 2.94. The first-order chi connectivity index (χ1) is 11.9. The lowest BCUT2D eigenvalue weighted by atomic mass is 10.4. The molecule has 1 aromatic carbocycles. The fraction of sp³-hybridized carbons (Fsp3) is 0.188. The number of anilines is 1. The molecule has 1 N–H and O–H groups in total. The summed E-state index contributed by atoms with van der Waals surface area (Å²) >= 11 is 13.0. The zero-order valence-electron chi connectivity index (χ0n) is 12.8. The van der Waals surface area contributed by atoms with E-state index in [2.05, 4.69) is 10.3 Å². The highest BCUT2D eigenvalue weighted by Gasteiger charge is 2.11. The van der Waals surface area contributed by atoms with Gasteiger partial charge in [-0.15, -0.1) is 11.8 Å². The van der Waals surface area contributed by atoms with Crippen LogP contribution >= 0.6 is 35.0 Å². The summed E-state index contributed by atoms with van der Waals surface area (Å²) in [4.78, 5) is 28.1. The number of pyridine rings is 1. The molecule has 0 bridgehead atoms.